The third kappa shape index (κ3) is 4.61. The van der Waals surface area contributed by atoms with E-state index >= 15 is 0 Å². The number of nitrogens with one attached hydrogen (secondary N) is 1. The zero-order valence-electron chi connectivity index (χ0n) is 11.5. The molecule has 2 atom stereocenters. The lowest BCUT2D eigenvalue weighted by Gasteiger charge is -2.19. The van der Waals surface area contributed by atoms with Crippen molar-refractivity contribution < 1.29 is 9.63 Å². The first-order valence-corrected chi connectivity index (χ1v) is 7.71. The average Bonchev–Trinajstić information content (AvgIpc) is 2.48. The van der Waals surface area contributed by atoms with E-state index in [0.29, 0.717) is 15.4 Å². The van der Waals surface area contributed by atoms with Crippen molar-refractivity contribution in [3.8, 4) is 5.75 Å². The molecule has 2 rings (SSSR count). The van der Waals surface area contributed by atoms with Crippen molar-refractivity contribution in [2.75, 3.05) is 6.61 Å². The molecule has 0 spiro atoms. The Morgan fingerprint density at radius 1 is 1.15 bits per heavy atom. The molecule has 3 nitrogen and oxygen atoms in total. The van der Waals surface area contributed by atoms with E-state index in [1.807, 2.05) is 37.3 Å². The molecular weight excluding hydrogens is 269 g/mol. The van der Waals surface area contributed by atoms with Crippen LogP contribution in [-0.2, 0) is 11.1 Å². The van der Waals surface area contributed by atoms with Crippen LogP contribution in [-0.4, -0.2) is 11.7 Å². The van der Waals surface area contributed by atoms with E-state index in [9.17, 15) is 5.11 Å². The van der Waals surface area contributed by atoms with E-state index in [0.717, 1.165) is 12.1 Å². The molecule has 20 heavy (non-hydrogen) atoms. The minimum absolute atomic E-state index is 0.0993. The van der Waals surface area contributed by atoms with Gasteiger partial charge in [0.05, 0.1) is 5.78 Å². The first-order chi connectivity index (χ1) is 9.79. The van der Waals surface area contributed by atoms with Gasteiger partial charge in [-0.2, -0.15) is 0 Å². The molecule has 0 saturated carbocycles. The van der Waals surface area contributed by atoms with Gasteiger partial charge in [-0.05, 0) is 30.2 Å². The first kappa shape index (κ1) is 15.0. The molecule has 0 aliphatic rings. The van der Waals surface area contributed by atoms with Crippen molar-refractivity contribution in [1.82, 2.24) is 5.32 Å². The van der Waals surface area contributed by atoms with Gasteiger partial charge in [-0.3, -0.25) is 0 Å². The Hall–Kier alpha value is -1.41. The van der Waals surface area contributed by atoms with Crippen molar-refractivity contribution in [3.63, 3.8) is 0 Å². The number of rotatable bonds is 7. The highest BCUT2D eigenvalue weighted by Gasteiger charge is 2.12. The molecule has 0 heterocycles. The van der Waals surface area contributed by atoms with Crippen molar-refractivity contribution >= 4 is 8.81 Å². The summed E-state index contributed by atoms with van der Waals surface area (Å²) in [5.74, 6) is 0.387. The summed E-state index contributed by atoms with van der Waals surface area (Å²) in [7, 11) is 0.327. The molecule has 4 heteroatoms. The largest absolute Gasteiger partial charge is 0.508 e. The SMILES string of the molecule is CCOPC(NCc1ccccc1)c1cccc(O)c1. The van der Waals surface area contributed by atoms with Crippen LogP contribution in [0.15, 0.2) is 54.6 Å². The lowest BCUT2D eigenvalue weighted by Crippen LogP contribution is -2.17. The number of phenols is 1. The molecule has 0 radical (unpaired) electrons. The lowest BCUT2D eigenvalue weighted by molar-refractivity contribution is 0.379. The van der Waals surface area contributed by atoms with Crippen LogP contribution >= 0.6 is 8.81 Å². The van der Waals surface area contributed by atoms with Crippen molar-refractivity contribution in [2.24, 2.45) is 0 Å². The Bertz CT molecular complexity index is 519. The predicted molar refractivity (Wildman–Crippen MR) is 84.1 cm³/mol. The third-order valence-electron chi connectivity index (χ3n) is 2.90. The maximum absolute atomic E-state index is 9.61. The van der Waals surface area contributed by atoms with Gasteiger partial charge in [0, 0.05) is 22.0 Å². The second-order valence-corrected chi connectivity index (χ2v) is 5.55. The molecule has 0 aromatic heterocycles. The Morgan fingerprint density at radius 3 is 2.65 bits per heavy atom. The van der Waals surface area contributed by atoms with Gasteiger partial charge in [0.2, 0.25) is 0 Å². The number of hydrogen-bond donors (Lipinski definition) is 2. The number of phenolic OH excluding ortho intramolecular Hbond substituents is 1. The van der Waals surface area contributed by atoms with Gasteiger partial charge in [-0.25, -0.2) is 0 Å². The molecule has 2 aromatic carbocycles. The van der Waals surface area contributed by atoms with Crippen molar-refractivity contribution in [2.45, 2.75) is 19.3 Å². The summed E-state index contributed by atoms with van der Waals surface area (Å²) in [6.07, 6.45) is 0. The van der Waals surface area contributed by atoms with Crippen molar-refractivity contribution in [3.05, 3.63) is 65.7 Å². The fraction of sp³-hybridized carbons (Fsp3) is 0.250. The lowest BCUT2D eigenvalue weighted by atomic mass is 10.2. The zero-order valence-corrected chi connectivity index (χ0v) is 12.5. The monoisotopic (exact) mass is 289 g/mol. The summed E-state index contributed by atoms with van der Waals surface area (Å²) in [6, 6.07) is 17.6. The van der Waals surface area contributed by atoms with Gasteiger partial charge in [0.15, 0.2) is 0 Å². The Morgan fingerprint density at radius 2 is 1.95 bits per heavy atom. The van der Waals surface area contributed by atoms with Crippen LogP contribution in [0.4, 0.5) is 0 Å². The normalized spacial score (nSPS) is 12.8. The second-order valence-electron chi connectivity index (χ2n) is 4.45. The van der Waals surface area contributed by atoms with Gasteiger partial charge < -0.3 is 14.9 Å². The summed E-state index contributed by atoms with van der Waals surface area (Å²) in [5, 5.41) is 13.1. The molecular formula is C16H20NO2P. The van der Waals surface area contributed by atoms with E-state index in [2.05, 4.69) is 17.4 Å². The van der Waals surface area contributed by atoms with Crippen LogP contribution < -0.4 is 5.32 Å². The van der Waals surface area contributed by atoms with Gasteiger partial charge in [-0.1, -0.05) is 42.5 Å². The summed E-state index contributed by atoms with van der Waals surface area (Å²) < 4.78 is 5.56. The summed E-state index contributed by atoms with van der Waals surface area (Å²) in [5.41, 5.74) is 2.28. The minimum atomic E-state index is 0.0993. The maximum atomic E-state index is 9.61. The maximum Gasteiger partial charge on any atom is 0.115 e. The molecule has 0 aliphatic heterocycles. The molecule has 0 bridgehead atoms. The molecule has 0 fully saturated rings. The Kier molecular flexibility index (Phi) is 6.00. The van der Waals surface area contributed by atoms with E-state index in [-0.39, 0.29) is 11.5 Å². The predicted octanol–water partition coefficient (Wildman–Crippen LogP) is 3.81. The Balaban J connectivity index is 2.03. The highest BCUT2D eigenvalue weighted by molar-refractivity contribution is 7.32. The molecule has 2 N–H and O–H groups in total. The van der Waals surface area contributed by atoms with Crippen LogP contribution in [0.1, 0.15) is 23.8 Å². The highest BCUT2D eigenvalue weighted by atomic mass is 31.1. The second kappa shape index (κ2) is 8.01. The van der Waals surface area contributed by atoms with Crippen molar-refractivity contribution in [1.29, 1.82) is 0 Å². The summed E-state index contributed by atoms with van der Waals surface area (Å²) in [6.45, 7) is 3.46. The smallest absolute Gasteiger partial charge is 0.115 e. The molecule has 106 valence electrons. The number of benzene rings is 2. The number of aromatic hydroxyl groups is 1. The van der Waals surface area contributed by atoms with Gasteiger partial charge in [0.25, 0.3) is 0 Å². The van der Waals surface area contributed by atoms with E-state index < -0.39 is 0 Å². The summed E-state index contributed by atoms with van der Waals surface area (Å²) in [4.78, 5) is 0. The minimum Gasteiger partial charge on any atom is -0.508 e. The third-order valence-corrected chi connectivity index (χ3v) is 4.13. The fourth-order valence-corrected chi connectivity index (χ4v) is 2.75. The van der Waals surface area contributed by atoms with E-state index in [4.69, 9.17) is 4.52 Å². The first-order valence-electron chi connectivity index (χ1n) is 6.73. The van der Waals surface area contributed by atoms with Crippen LogP contribution in [0.2, 0.25) is 0 Å². The molecule has 0 amide bonds. The quantitative estimate of drug-likeness (QED) is 0.762. The molecule has 0 saturated heterocycles. The molecule has 2 aromatic rings. The van der Waals surface area contributed by atoms with E-state index in [1.165, 1.54) is 5.56 Å². The zero-order chi connectivity index (χ0) is 14.2. The average molecular weight is 289 g/mol. The van der Waals surface area contributed by atoms with Gasteiger partial charge in [-0.15, -0.1) is 0 Å². The van der Waals surface area contributed by atoms with Gasteiger partial charge in [0.1, 0.15) is 5.75 Å². The molecule has 0 aliphatic carbocycles. The van der Waals surface area contributed by atoms with Crippen LogP contribution in [0.5, 0.6) is 5.75 Å². The topological polar surface area (TPSA) is 41.5 Å². The number of hydrogen-bond acceptors (Lipinski definition) is 3. The van der Waals surface area contributed by atoms with Crippen LogP contribution in [0, 0.1) is 0 Å². The molecule has 2 unspecified atom stereocenters. The standard InChI is InChI=1S/C16H20NO2P/c1-2-19-20-16(14-9-6-10-15(18)11-14)17-12-13-7-4-3-5-8-13/h3-11,16-18,20H,2,12H2,1H3. The van der Waals surface area contributed by atoms with E-state index in [1.54, 1.807) is 12.1 Å². The fourth-order valence-electron chi connectivity index (χ4n) is 1.91. The van der Waals surface area contributed by atoms with Crippen LogP contribution in [0.3, 0.4) is 0 Å². The Labute approximate surface area is 121 Å². The summed E-state index contributed by atoms with van der Waals surface area (Å²) >= 11 is 0. The van der Waals surface area contributed by atoms with Gasteiger partial charge >= 0.3 is 0 Å². The van der Waals surface area contributed by atoms with Crippen LogP contribution in [0.25, 0.3) is 0 Å². The highest BCUT2D eigenvalue weighted by Crippen LogP contribution is 2.34.